The summed E-state index contributed by atoms with van der Waals surface area (Å²) in [5.74, 6) is 0.757. The van der Waals surface area contributed by atoms with Gasteiger partial charge < -0.3 is 10.6 Å². The average Bonchev–Trinajstić information content (AvgIpc) is 2.53. The third-order valence-corrected chi connectivity index (χ3v) is 3.62. The van der Waals surface area contributed by atoms with Crippen molar-refractivity contribution in [1.82, 2.24) is 15.6 Å². The van der Waals surface area contributed by atoms with Crippen LogP contribution in [0.5, 0.6) is 0 Å². The summed E-state index contributed by atoms with van der Waals surface area (Å²) in [4.78, 5) is 8.95. The molecular formula is C17H21ClN4. The molecule has 0 unspecified atom stereocenters. The Labute approximate surface area is 136 Å². The Morgan fingerprint density at radius 1 is 1.18 bits per heavy atom. The molecule has 0 saturated heterocycles. The van der Waals surface area contributed by atoms with Gasteiger partial charge in [0, 0.05) is 17.8 Å². The number of guanidine groups is 1. The maximum absolute atomic E-state index is 6.16. The molecule has 2 rings (SSSR count). The van der Waals surface area contributed by atoms with Gasteiger partial charge in [0.25, 0.3) is 0 Å². The maximum Gasteiger partial charge on any atom is 0.191 e. The van der Waals surface area contributed by atoms with Crippen molar-refractivity contribution in [3.63, 3.8) is 0 Å². The molecule has 22 heavy (non-hydrogen) atoms. The van der Waals surface area contributed by atoms with Crippen LogP contribution in [-0.2, 0) is 13.1 Å². The molecular weight excluding hydrogens is 296 g/mol. The number of rotatable bonds is 5. The molecule has 0 bridgehead atoms. The molecule has 0 spiro atoms. The van der Waals surface area contributed by atoms with Gasteiger partial charge in [0.15, 0.2) is 5.96 Å². The molecule has 0 atom stereocenters. The van der Waals surface area contributed by atoms with E-state index in [9.17, 15) is 0 Å². The number of aromatic nitrogens is 1. The molecule has 116 valence electrons. The molecule has 1 aromatic heterocycles. The van der Waals surface area contributed by atoms with Gasteiger partial charge >= 0.3 is 0 Å². The van der Waals surface area contributed by atoms with E-state index in [2.05, 4.69) is 33.6 Å². The maximum atomic E-state index is 6.16. The quantitative estimate of drug-likeness (QED) is 0.657. The minimum atomic E-state index is 0.538. The number of benzene rings is 1. The lowest BCUT2D eigenvalue weighted by Crippen LogP contribution is -2.37. The first-order valence-corrected chi connectivity index (χ1v) is 7.74. The first-order chi connectivity index (χ1) is 10.7. The molecule has 0 fully saturated rings. The molecule has 0 radical (unpaired) electrons. The molecule has 0 aliphatic heterocycles. The first kappa shape index (κ1) is 16.3. The molecule has 0 aliphatic rings. The lowest BCUT2D eigenvalue weighted by molar-refractivity contribution is 0.794. The lowest BCUT2D eigenvalue weighted by Gasteiger charge is -2.12. The van der Waals surface area contributed by atoms with E-state index >= 15 is 0 Å². The van der Waals surface area contributed by atoms with E-state index in [4.69, 9.17) is 11.6 Å². The second kappa shape index (κ2) is 8.39. The van der Waals surface area contributed by atoms with Gasteiger partial charge in [-0.1, -0.05) is 35.9 Å². The number of pyridine rings is 1. The van der Waals surface area contributed by atoms with E-state index in [-0.39, 0.29) is 0 Å². The van der Waals surface area contributed by atoms with Crippen LogP contribution >= 0.6 is 11.6 Å². The Bertz CT molecular complexity index is 640. The Morgan fingerprint density at radius 3 is 2.73 bits per heavy atom. The fraction of sp³-hybridized carbons (Fsp3) is 0.294. The van der Waals surface area contributed by atoms with E-state index < -0.39 is 0 Å². The van der Waals surface area contributed by atoms with Crippen LogP contribution in [0, 0.1) is 6.92 Å². The smallest absolute Gasteiger partial charge is 0.191 e. The van der Waals surface area contributed by atoms with Crippen molar-refractivity contribution in [1.29, 1.82) is 0 Å². The zero-order valence-corrected chi connectivity index (χ0v) is 13.7. The van der Waals surface area contributed by atoms with Crippen molar-refractivity contribution in [2.45, 2.75) is 26.9 Å². The number of hydrogen-bond donors (Lipinski definition) is 2. The number of aryl methyl sites for hydroxylation is 1. The highest BCUT2D eigenvalue weighted by molar-refractivity contribution is 6.31. The van der Waals surface area contributed by atoms with E-state index in [1.165, 1.54) is 0 Å². The van der Waals surface area contributed by atoms with Gasteiger partial charge in [-0.05, 0) is 37.1 Å². The number of nitrogens with zero attached hydrogens (tertiary/aromatic N) is 2. The summed E-state index contributed by atoms with van der Waals surface area (Å²) in [6.07, 6.45) is 1.80. The van der Waals surface area contributed by atoms with Crippen molar-refractivity contribution in [3.05, 3.63) is 64.4 Å². The van der Waals surface area contributed by atoms with Gasteiger partial charge in [-0.3, -0.25) is 4.98 Å². The highest BCUT2D eigenvalue weighted by atomic mass is 35.5. The predicted molar refractivity (Wildman–Crippen MR) is 92.1 cm³/mol. The highest BCUT2D eigenvalue weighted by Crippen LogP contribution is 2.15. The zero-order valence-electron chi connectivity index (χ0n) is 12.9. The van der Waals surface area contributed by atoms with Crippen LogP contribution in [0.4, 0.5) is 0 Å². The summed E-state index contributed by atoms with van der Waals surface area (Å²) in [7, 11) is 0. The third kappa shape index (κ3) is 4.74. The largest absolute Gasteiger partial charge is 0.357 e. The fourth-order valence-corrected chi connectivity index (χ4v) is 2.20. The number of nitrogens with one attached hydrogen (secondary N) is 2. The van der Waals surface area contributed by atoms with E-state index in [0.717, 1.165) is 34.3 Å². The third-order valence-electron chi connectivity index (χ3n) is 3.25. The summed E-state index contributed by atoms with van der Waals surface area (Å²) < 4.78 is 0. The van der Waals surface area contributed by atoms with E-state index in [0.29, 0.717) is 13.1 Å². The standard InChI is InChI=1S/C17H21ClN4/c1-3-19-17(21-11-14-8-4-5-9-15(14)18)22-12-16-13(2)7-6-10-20-16/h4-10H,3,11-12H2,1-2H3,(H2,19,21,22). The van der Waals surface area contributed by atoms with Crippen LogP contribution in [0.15, 0.2) is 47.6 Å². The highest BCUT2D eigenvalue weighted by Gasteiger charge is 2.03. The van der Waals surface area contributed by atoms with Gasteiger partial charge in [-0.25, -0.2) is 4.99 Å². The Morgan fingerprint density at radius 2 is 2.00 bits per heavy atom. The van der Waals surface area contributed by atoms with E-state index in [1.807, 2.05) is 37.3 Å². The molecule has 0 aliphatic carbocycles. The van der Waals surface area contributed by atoms with Crippen LogP contribution in [0.25, 0.3) is 0 Å². The van der Waals surface area contributed by atoms with Crippen molar-refractivity contribution >= 4 is 17.6 Å². The summed E-state index contributed by atoms with van der Waals surface area (Å²) in [6.45, 7) is 6.07. The van der Waals surface area contributed by atoms with Crippen LogP contribution in [-0.4, -0.2) is 17.5 Å². The zero-order chi connectivity index (χ0) is 15.8. The van der Waals surface area contributed by atoms with Gasteiger partial charge in [-0.15, -0.1) is 0 Å². The van der Waals surface area contributed by atoms with Crippen molar-refractivity contribution in [3.8, 4) is 0 Å². The first-order valence-electron chi connectivity index (χ1n) is 7.36. The van der Waals surface area contributed by atoms with E-state index in [1.54, 1.807) is 6.20 Å². The topological polar surface area (TPSA) is 49.3 Å². The number of halogens is 1. The van der Waals surface area contributed by atoms with Crippen molar-refractivity contribution in [2.75, 3.05) is 6.54 Å². The SMILES string of the molecule is CCNC(=NCc1ccccc1Cl)NCc1ncccc1C. The summed E-state index contributed by atoms with van der Waals surface area (Å²) in [5, 5.41) is 7.27. The summed E-state index contributed by atoms with van der Waals surface area (Å²) in [5.41, 5.74) is 3.19. The second-order valence-corrected chi connectivity index (χ2v) is 5.31. The minimum absolute atomic E-state index is 0.538. The number of aliphatic imine (C=N–C) groups is 1. The Balaban J connectivity index is 2.02. The minimum Gasteiger partial charge on any atom is -0.357 e. The molecule has 0 amide bonds. The van der Waals surface area contributed by atoms with Gasteiger partial charge in [0.05, 0.1) is 18.8 Å². The molecule has 2 N–H and O–H groups in total. The summed E-state index contributed by atoms with van der Waals surface area (Å²) >= 11 is 6.16. The van der Waals surface area contributed by atoms with Crippen LogP contribution < -0.4 is 10.6 Å². The Kier molecular flexibility index (Phi) is 6.22. The number of hydrogen-bond acceptors (Lipinski definition) is 2. The predicted octanol–water partition coefficient (Wildman–Crippen LogP) is 3.30. The van der Waals surface area contributed by atoms with Crippen LogP contribution in [0.3, 0.4) is 0 Å². The van der Waals surface area contributed by atoms with Crippen LogP contribution in [0.1, 0.15) is 23.7 Å². The molecule has 4 nitrogen and oxygen atoms in total. The lowest BCUT2D eigenvalue weighted by atomic mass is 10.2. The Hall–Kier alpha value is -2.07. The van der Waals surface area contributed by atoms with Crippen molar-refractivity contribution < 1.29 is 0 Å². The fourth-order valence-electron chi connectivity index (χ4n) is 2.00. The molecule has 2 aromatic rings. The van der Waals surface area contributed by atoms with Gasteiger partial charge in [0.1, 0.15) is 0 Å². The van der Waals surface area contributed by atoms with Gasteiger partial charge in [-0.2, -0.15) is 0 Å². The molecule has 1 aromatic carbocycles. The molecule has 0 saturated carbocycles. The van der Waals surface area contributed by atoms with Gasteiger partial charge in [0.2, 0.25) is 0 Å². The summed E-state index contributed by atoms with van der Waals surface area (Å²) in [6, 6.07) is 11.7. The molecule has 5 heteroatoms. The monoisotopic (exact) mass is 316 g/mol. The normalized spacial score (nSPS) is 11.3. The van der Waals surface area contributed by atoms with Crippen molar-refractivity contribution in [2.24, 2.45) is 4.99 Å². The molecule has 1 heterocycles. The second-order valence-electron chi connectivity index (χ2n) is 4.91. The average molecular weight is 317 g/mol. The van der Waals surface area contributed by atoms with Crippen LogP contribution in [0.2, 0.25) is 5.02 Å².